The largest absolute Gasteiger partial charge is 0.300 e. The fourth-order valence-corrected chi connectivity index (χ4v) is 0. The second kappa shape index (κ2) is 1.69. The molecule has 0 saturated heterocycles. The molecule has 0 aliphatic heterocycles. The van der Waals surface area contributed by atoms with E-state index in [9.17, 15) is 4.39 Å². The zero-order valence-electron chi connectivity index (χ0n) is 6.33. The summed E-state index contributed by atoms with van der Waals surface area (Å²) in [6.45, 7) is 3.15. The zero-order chi connectivity index (χ0) is 7.00. The number of hydrogen-bond acceptors (Lipinski definition) is 0. The van der Waals surface area contributed by atoms with Crippen LogP contribution in [-0.4, -0.2) is 31.4 Å². The smallest absolute Gasteiger partial charge is 0.235 e. The van der Waals surface area contributed by atoms with Crippen LogP contribution in [0.3, 0.4) is 0 Å². The van der Waals surface area contributed by atoms with E-state index in [1.807, 2.05) is 21.1 Å². The van der Waals surface area contributed by atoms with E-state index in [0.717, 1.165) is 0 Å². The van der Waals surface area contributed by atoms with Crippen molar-refractivity contribution in [2.45, 2.75) is 19.6 Å². The van der Waals surface area contributed by atoms with Crippen molar-refractivity contribution in [3.63, 3.8) is 0 Å². The molecule has 0 bridgehead atoms. The van der Waals surface area contributed by atoms with Crippen LogP contribution >= 0.6 is 0 Å². The quantitative estimate of drug-likeness (QED) is 0.362. The Balaban J connectivity index is 4.02. The molecule has 8 heavy (non-hydrogen) atoms. The lowest BCUT2D eigenvalue weighted by Crippen LogP contribution is -2.49. The lowest BCUT2D eigenvalue weighted by Gasteiger charge is -2.34. The predicted molar refractivity (Wildman–Crippen MR) is 33.2 cm³/mol. The molecular formula is C6H15FN+. The molecule has 0 spiro atoms. The van der Waals surface area contributed by atoms with Crippen LogP contribution in [0.1, 0.15) is 13.8 Å². The zero-order valence-corrected chi connectivity index (χ0v) is 6.33. The molecule has 0 N–H and O–H groups in total. The molecule has 0 amide bonds. The monoisotopic (exact) mass is 120 g/mol. The Morgan fingerprint density at radius 1 is 1.12 bits per heavy atom. The summed E-state index contributed by atoms with van der Waals surface area (Å²) < 4.78 is 13.2. The van der Waals surface area contributed by atoms with Gasteiger partial charge < -0.3 is 0 Å². The molecule has 0 atom stereocenters. The lowest BCUT2D eigenvalue weighted by atomic mass is 10.3. The highest BCUT2D eigenvalue weighted by Gasteiger charge is 2.31. The minimum absolute atomic E-state index is 0.354. The Bertz CT molecular complexity index is 63.5. The summed E-state index contributed by atoms with van der Waals surface area (Å²) in [6, 6.07) is 0. The van der Waals surface area contributed by atoms with Gasteiger partial charge in [0.15, 0.2) is 0 Å². The summed E-state index contributed by atoms with van der Waals surface area (Å²) in [5, 5.41) is 0. The molecule has 0 radical (unpaired) electrons. The summed E-state index contributed by atoms with van der Waals surface area (Å²) in [5.41, 5.74) is 0. The molecule has 1 nitrogen and oxygen atoms in total. The summed E-state index contributed by atoms with van der Waals surface area (Å²) in [7, 11) is 5.50. The number of alkyl halides is 1. The lowest BCUT2D eigenvalue weighted by molar-refractivity contribution is -0.936. The first kappa shape index (κ1) is 7.89. The van der Waals surface area contributed by atoms with Gasteiger partial charge in [0.25, 0.3) is 0 Å². The number of halogens is 1. The van der Waals surface area contributed by atoms with Gasteiger partial charge in [0, 0.05) is 13.8 Å². The molecular weight excluding hydrogens is 105 g/mol. The van der Waals surface area contributed by atoms with E-state index < -0.39 is 5.79 Å². The van der Waals surface area contributed by atoms with Crippen molar-refractivity contribution in [3.8, 4) is 0 Å². The number of quaternary nitrogens is 1. The Kier molecular flexibility index (Phi) is 1.67. The van der Waals surface area contributed by atoms with Crippen molar-refractivity contribution in [2.75, 3.05) is 21.1 Å². The van der Waals surface area contributed by atoms with E-state index in [2.05, 4.69) is 0 Å². The topological polar surface area (TPSA) is 0 Å². The Morgan fingerprint density at radius 2 is 1.25 bits per heavy atom. The fraction of sp³-hybridized carbons (Fsp3) is 1.00. The van der Waals surface area contributed by atoms with Gasteiger partial charge in [0.05, 0.1) is 21.1 Å². The van der Waals surface area contributed by atoms with Crippen LogP contribution in [0.4, 0.5) is 4.39 Å². The van der Waals surface area contributed by atoms with Gasteiger partial charge in [-0.1, -0.05) is 0 Å². The molecule has 0 saturated carbocycles. The number of rotatable bonds is 1. The molecule has 0 rings (SSSR count). The Labute approximate surface area is 50.7 Å². The highest BCUT2D eigenvalue weighted by Crippen LogP contribution is 2.17. The molecule has 0 aliphatic carbocycles. The molecule has 0 aliphatic rings. The molecule has 50 valence electrons. The molecule has 0 heterocycles. The van der Waals surface area contributed by atoms with Gasteiger partial charge in [-0.15, -0.1) is 0 Å². The van der Waals surface area contributed by atoms with Crippen LogP contribution < -0.4 is 0 Å². The third kappa shape index (κ3) is 1.78. The molecule has 0 aromatic carbocycles. The Morgan fingerprint density at radius 3 is 1.25 bits per heavy atom. The maximum atomic E-state index is 12.9. The second-order valence-electron chi connectivity index (χ2n) is 3.42. The average molecular weight is 120 g/mol. The predicted octanol–water partition coefficient (Wildman–Crippen LogP) is 1.40. The van der Waals surface area contributed by atoms with Gasteiger partial charge in [0.1, 0.15) is 0 Å². The molecule has 0 fully saturated rings. The van der Waals surface area contributed by atoms with Gasteiger partial charge in [-0.25, -0.2) is 0 Å². The number of hydrogen-bond donors (Lipinski definition) is 0. The van der Waals surface area contributed by atoms with E-state index in [-0.39, 0.29) is 0 Å². The van der Waals surface area contributed by atoms with Crippen molar-refractivity contribution in [2.24, 2.45) is 0 Å². The third-order valence-corrected chi connectivity index (χ3v) is 1.60. The summed E-state index contributed by atoms with van der Waals surface area (Å²) >= 11 is 0. The van der Waals surface area contributed by atoms with Gasteiger partial charge in [-0.3, -0.25) is 4.48 Å². The van der Waals surface area contributed by atoms with Crippen LogP contribution in [0.5, 0.6) is 0 Å². The highest BCUT2D eigenvalue weighted by molar-refractivity contribution is 4.46. The standard InChI is InChI=1S/C6H15FN/c1-6(2,7)8(3,4)5/h1-5H3/q+1. The van der Waals surface area contributed by atoms with Crippen molar-refractivity contribution >= 4 is 0 Å². The maximum absolute atomic E-state index is 12.9. The van der Waals surface area contributed by atoms with Crippen LogP contribution in [0.25, 0.3) is 0 Å². The van der Waals surface area contributed by atoms with Gasteiger partial charge in [0.2, 0.25) is 5.79 Å². The molecule has 0 aromatic heterocycles. The van der Waals surface area contributed by atoms with Crippen LogP contribution in [0, 0.1) is 0 Å². The van der Waals surface area contributed by atoms with E-state index >= 15 is 0 Å². The first-order valence-electron chi connectivity index (χ1n) is 2.75. The molecule has 0 aromatic rings. The normalized spacial score (nSPS) is 14.2. The van der Waals surface area contributed by atoms with Gasteiger partial charge in [-0.05, 0) is 0 Å². The minimum atomic E-state index is -1.13. The number of nitrogens with zero attached hydrogens (tertiary/aromatic N) is 1. The summed E-state index contributed by atoms with van der Waals surface area (Å²) in [6.07, 6.45) is 0. The van der Waals surface area contributed by atoms with E-state index in [0.29, 0.717) is 4.48 Å². The van der Waals surface area contributed by atoms with Crippen molar-refractivity contribution in [1.29, 1.82) is 0 Å². The van der Waals surface area contributed by atoms with Crippen LogP contribution in [0.15, 0.2) is 0 Å². The van der Waals surface area contributed by atoms with Gasteiger partial charge in [-0.2, -0.15) is 4.39 Å². The SMILES string of the molecule is CC(C)(F)[N+](C)(C)C. The first-order chi connectivity index (χ1) is 3.25. The second-order valence-corrected chi connectivity index (χ2v) is 3.42. The molecule has 0 unspecified atom stereocenters. The van der Waals surface area contributed by atoms with Gasteiger partial charge >= 0.3 is 0 Å². The van der Waals surface area contributed by atoms with Crippen molar-refractivity contribution in [3.05, 3.63) is 0 Å². The van der Waals surface area contributed by atoms with Crippen molar-refractivity contribution in [1.82, 2.24) is 0 Å². The first-order valence-corrected chi connectivity index (χ1v) is 2.75. The third-order valence-electron chi connectivity index (χ3n) is 1.60. The van der Waals surface area contributed by atoms with Crippen LogP contribution in [-0.2, 0) is 0 Å². The molecule has 2 heteroatoms. The van der Waals surface area contributed by atoms with Crippen molar-refractivity contribution < 1.29 is 8.87 Å². The summed E-state index contributed by atoms with van der Waals surface area (Å²) in [5.74, 6) is -1.13. The van der Waals surface area contributed by atoms with Crippen LogP contribution in [0.2, 0.25) is 0 Å². The highest BCUT2D eigenvalue weighted by atomic mass is 19.1. The minimum Gasteiger partial charge on any atom is -0.300 e. The van der Waals surface area contributed by atoms with E-state index in [1.54, 1.807) is 13.8 Å². The van der Waals surface area contributed by atoms with E-state index in [4.69, 9.17) is 0 Å². The van der Waals surface area contributed by atoms with E-state index in [1.165, 1.54) is 0 Å². The summed E-state index contributed by atoms with van der Waals surface area (Å²) in [4.78, 5) is 0. The fourth-order valence-electron chi connectivity index (χ4n) is 0. The Hall–Kier alpha value is -0.110. The maximum Gasteiger partial charge on any atom is 0.235 e. The average Bonchev–Trinajstić information content (AvgIpc) is 1.25.